The van der Waals surface area contributed by atoms with E-state index in [-0.39, 0.29) is 6.54 Å². The molecule has 19 heavy (non-hydrogen) atoms. The quantitative estimate of drug-likeness (QED) is 0.851. The zero-order valence-corrected chi connectivity index (χ0v) is 12.4. The van der Waals surface area contributed by atoms with Gasteiger partial charge < -0.3 is 5.73 Å². The number of hydrogen-bond acceptors (Lipinski definition) is 4. The maximum Gasteiger partial charge on any atom is 0.241 e. The van der Waals surface area contributed by atoms with Crippen LogP contribution in [0, 0.1) is 13.8 Å². The minimum atomic E-state index is -3.45. The van der Waals surface area contributed by atoms with Gasteiger partial charge in [0.1, 0.15) is 0 Å². The molecule has 102 valence electrons. The van der Waals surface area contributed by atoms with Crippen LogP contribution >= 0.6 is 11.3 Å². The molecule has 0 bridgehead atoms. The molecule has 2 aromatic rings. The Balaban J connectivity index is 2.14. The van der Waals surface area contributed by atoms with Crippen LogP contribution in [0.3, 0.4) is 0 Å². The monoisotopic (exact) mass is 296 g/mol. The molecule has 1 heterocycles. The first-order valence-corrected chi connectivity index (χ1v) is 8.09. The van der Waals surface area contributed by atoms with E-state index < -0.39 is 10.0 Å². The summed E-state index contributed by atoms with van der Waals surface area (Å²) in [5.41, 5.74) is 7.13. The van der Waals surface area contributed by atoms with Crippen molar-refractivity contribution in [1.82, 2.24) is 4.72 Å². The lowest BCUT2D eigenvalue weighted by Gasteiger charge is -2.06. The molecule has 1 aromatic carbocycles. The number of benzene rings is 1. The molecule has 3 N–H and O–H groups in total. The van der Waals surface area contributed by atoms with Gasteiger partial charge in [-0.15, -0.1) is 11.3 Å². The second-order valence-electron chi connectivity index (χ2n) is 4.34. The van der Waals surface area contributed by atoms with E-state index in [2.05, 4.69) is 4.72 Å². The first-order chi connectivity index (χ1) is 8.88. The zero-order valence-electron chi connectivity index (χ0n) is 10.8. The molecule has 0 aliphatic rings. The van der Waals surface area contributed by atoms with Crippen LogP contribution in [0.2, 0.25) is 0 Å². The minimum Gasteiger partial charge on any atom is -0.399 e. The Labute approximate surface area is 117 Å². The fourth-order valence-electron chi connectivity index (χ4n) is 1.77. The van der Waals surface area contributed by atoms with Gasteiger partial charge in [0.05, 0.1) is 4.90 Å². The van der Waals surface area contributed by atoms with Gasteiger partial charge in [0.2, 0.25) is 10.0 Å². The van der Waals surface area contributed by atoms with E-state index in [9.17, 15) is 8.42 Å². The number of rotatable bonds is 4. The van der Waals surface area contributed by atoms with Crippen molar-refractivity contribution >= 4 is 27.0 Å². The van der Waals surface area contributed by atoms with Crippen molar-refractivity contribution in [3.05, 3.63) is 45.6 Å². The molecule has 1 aromatic heterocycles. The first-order valence-electron chi connectivity index (χ1n) is 5.79. The van der Waals surface area contributed by atoms with Crippen molar-refractivity contribution in [3.63, 3.8) is 0 Å². The summed E-state index contributed by atoms with van der Waals surface area (Å²) in [5.74, 6) is 0. The second kappa shape index (κ2) is 5.32. The third-order valence-electron chi connectivity index (χ3n) is 2.73. The van der Waals surface area contributed by atoms with Crippen molar-refractivity contribution in [1.29, 1.82) is 0 Å². The fraction of sp³-hybridized carbons (Fsp3) is 0.231. The number of hydrogen-bond donors (Lipinski definition) is 2. The molecule has 0 atom stereocenters. The molecular formula is C13H16N2O2S2. The van der Waals surface area contributed by atoms with Gasteiger partial charge in [-0.05, 0) is 37.6 Å². The molecule has 2 rings (SSSR count). The van der Waals surface area contributed by atoms with Gasteiger partial charge in [0.15, 0.2) is 0 Å². The normalized spacial score (nSPS) is 11.7. The number of nitrogen functional groups attached to an aromatic ring is 1. The third-order valence-corrected chi connectivity index (χ3v) is 5.35. The van der Waals surface area contributed by atoms with Crippen molar-refractivity contribution in [3.8, 4) is 0 Å². The van der Waals surface area contributed by atoms with E-state index in [0.717, 1.165) is 15.3 Å². The Kier molecular flexibility index (Phi) is 3.93. The van der Waals surface area contributed by atoms with Gasteiger partial charge in [0.25, 0.3) is 0 Å². The van der Waals surface area contributed by atoms with Crippen LogP contribution in [0.15, 0.2) is 35.2 Å². The van der Waals surface area contributed by atoms with Crippen LogP contribution in [-0.2, 0) is 16.6 Å². The van der Waals surface area contributed by atoms with E-state index in [0.29, 0.717) is 10.6 Å². The summed E-state index contributed by atoms with van der Waals surface area (Å²) >= 11 is 1.48. The molecule has 0 amide bonds. The molecule has 0 aliphatic carbocycles. The van der Waals surface area contributed by atoms with Crippen LogP contribution < -0.4 is 10.5 Å². The molecule has 0 unspecified atom stereocenters. The average molecular weight is 296 g/mol. The van der Waals surface area contributed by atoms with Crippen LogP contribution in [0.5, 0.6) is 0 Å². The van der Waals surface area contributed by atoms with Gasteiger partial charge in [-0.25, -0.2) is 13.1 Å². The van der Waals surface area contributed by atoms with E-state index in [4.69, 9.17) is 5.73 Å². The Bertz CT molecular complexity index is 673. The summed E-state index contributed by atoms with van der Waals surface area (Å²) < 4.78 is 27.0. The maximum atomic E-state index is 12.2. The number of nitrogens with two attached hydrogens (primary N) is 1. The number of sulfonamides is 1. The highest BCUT2D eigenvalue weighted by molar-refractivity contribution is 7.89. The lowest BCUT2D eigenvalue weighted by atomic mass is 10.2. The summed E-state index contributed by atoms with van der Waals surface area (Å²) in [6.45, 7) is 3.98. The highest BCUT2D eigenvalue weighted by Gasteiger charge is 2.18. The molecule has 0 saturated carbocycles. The molecule has 0 radical (unpaired) electrons. The van der Waals surface area contributed by atoms with Crippen molar-refractivity contribution in [2.75, 3.05) is 5.73 Å². The van der Waals surface area contributed by atoms with E-state index in [1.165, 1.54) is 11.3 Å². The van der Waals surface area contributed by atoms with Crippen LogP contribution in [-0.4, -0.2) is 8.42 Å². The first kappa shape index (κ1) is 14.0. The smallest absolute Gasteiger partial charge is 0.241 e. The lowest BCUT2D eigenvalue weighted by molar-refractivity contribution is 0.581. The number of anilines is 1. The average Bonchev–Trinajstić information content (AvgIpc) is 2.69. The molecule has 0 spiro atoms. The highest BCUT2D eigenvalue weighted by atomic mass is 32.2. The van der Waals surface area contributed by atoms with E-state index >= 15 is 0 Å². The number of aryl methyl sites for hydroxylation is 2. The Hall–Kier alpha value is -1.37. The molecule has 4 nitrogen and oxygen atoms in total. The maximum absolute atomic E-state index is 12.2. The summed E-state index contributed by atoms with van der Waals surface area (Å²) in [6, 6.07) is 8.83. The number of thiophene rings is 1. The SMILES string of the molecule is Cc1cc(S(=O)(=O)NCc2ccc(N)cc2)c(C)s1. The Morgan fingerprint density at radius 3 is 2.37 bits per heavy atom. The van der Waals surface area contributed by atoms with Crippen molar-refractivity contribution in [2.45, 2.75) is 25.3 Å². The van der Waals surface area contributed by atoms with Crippen LogP contribution in [0.25, 0.3) is 0 Å². The van der Waals surface area contributed by atoms with Gasteiger partial charge >= 0.3 is 0 Å². The van der Waals surface area contributed by atoms with Gasteiger partial charge in [-0.3, -0.25) is 0 Å². The van der Waals surface area contributed by atoms with E-state index in [1.807, 2.05) is 26.0 Å². The highest BCUT2D eigenvalue weighted by Crippen LogP contribution is 2.24. The Morgan fingerprint density at radius 2 is 1.84 bits per heavy atom. The van der Waals surface area contributed by atoms with E-state index in [1.54, 1.807) is 18.2 Å². The fourth-order valence-corrected chi connectivity index (χ4v) is 4.34. The largest absolute Gasteiger partial charge is 0.399 e. The van der Waals surface area contributed by atoms with Gasteiger partial charge in [0, 0.05) is 22.0 Å². The van der Waals surface area contributed by atoms with Gasteiger partial charge in [-0.1, -0.05) is 12.1 Å². The molecule has 6 heteroatoms. The number of nitrogens with one attached hydrogen (secondary N) is 1. The van der Waals surface area contributed by atoms with Crippen LogP contribution in [0.1, 0.15) is 15.3 Å². The summed E-state index contributed by atoms with van der Waals surface area (Å²) in [4.78, 5) is 2.16. The molecule has 0 aliphatic heterocycles. The van der Waals surface area contributed by atoms with Crippen molar-refractivity contribution in [2.24, 2.45) is 0 Å². The minimum absolute atomic E-state index is 0.261. The topological polar surface area (TPSA) is 72.2 Å². The zero-order chi connectivity index (χ0) is 14.0. The second-order valence-corrected chi connectivity index (χ2v) is 7.54. The summed E-state index contributed by atoms with van der Waals surface area (Å²) in [6.07, 6.45) is 0. The predicted octanol–water partition coefficient (Wildman–Crippen LogP) is 2.43. The predicted molar refractivity (Wildman–Crippen MR) is 78.7 cm³/mol. The van der Waals surface area contributed by atoms with Crippen LogP contribution in [0.4, 0.5) is 5.69 Å². The summed E-state index contributed by atoms with van der Waals surface area (Å²) in [5, 5.41) is 0. The standard InChI is InChI=1S/C13H16N2O2S2/c1-9-7-13(10(2)18-9)19(16,17)15-8-11-3-5-12(14)6-4-11/h3-7,15H,8,14H2,1-2H3. The third kappa shape index (κ3) is 3.34. The molecule has 0 saturated heterocycles. The summed E-state index contributed by atoms with van der Waals surface area (Å²) in [7, 11) is -3.45. The van der Waals surface area contributed by atoms with Crippen molar-refractivity contribution < 1.29 is 8.42 Å². The molecular weight excluding hydrogens is 280 g/mol. The van der Waals surface area contributed by atoms with Gasteiger partial charge in [-0.2, -0.15) is 0 Å². The Morgan fingerprint density at radius 1 is 1.21 bits per heavy atom. The lowest BCUT2D eigenvalue weighted by Crippen LogP contribution is -2.23. The molecule has 0 fully saturated rings.